The topological polar surface area (TPSA) is 60.3 Å². The van der Waals surface area contributed by atoms with Crippen molar-refractivity contribution in [3.05, 3.63) is 42.7 Å². The highest BCUT2D eigenvalue weighted by Gasteiger charge is 2.29. The van der Waals surface area contributed by atoms with E-state index in [0.29, 0.717) is 18.8 Å². The van der Waals surface area contributed by atoms with Crippen molar-refractivity contribution in [3.8, 4) is 17.1 Å². The number of aryl methyl sites for hydroxylation is 1. The van der Waals surface area contributed by atoms with Crippen LogP contribution in [0.25, 0.3) is 11.3 Å². The predicted molar refractivity (Wildman–Crippen MR) is 96.7 cm³/mol. The lowest BCUT2D eigenvalue weighted by Crippen LogP contribution is -2.26. The van der Waals surface area contributed by atoms with Gasteiger partial charge in [0, 0.05) is 50.1 Å². The van der Waals surface area contributed by atoms with E-state index in [1.165, 1.54) is 6.08 Å². The van der Waals surface area contributed by atoms with Crippen LogP contribution >= 0.6 is 0 Å². The maximum Gasteiger partial charge on any atom is 0.392 e. The van der Waals surface area contributed by atoms with E-state index in [0.717, 1.165) is 17.5 Å². The molecule has 0 bridgehead atoms. The number of rotatable bonds is 6. The van der Waals surface area contributed by atoms with Crippen molar-refractivity contribution in [1.82, 2.24) is 19.7 Å². The summed E-state index contributed by atoms with van der Waals surface area (Å²) in [5.74, 6) is 0.0465. The Morgan fingerprint density at radius 3 is 2.89 bits per heavy atom. The summed E-state index contributed by atoms with van der Waals surface area (Å²) in [4.78, 5) is 17.8. The molecule has 3 heterocycles. The molecule has 0 radical (unpaired) electrons. The van der Waals surface area contributed by atoms with Gasteiger partial charge in [0.05, 0.1) is 18.7 Å². The first kappa shape index (κ1) is 19.9. The highest BCUT2D eigenvalue weighted by atomic mass is 19.4. The lowest BCUT2D eigenvalue weighted by atomic mass is 9.94. The van der Waals surface area contributed by atoms with E-state index < -0.39 is 19.2 Å². The molecule has 1 fully saturated rings. The van der Waals surface area contributed by atoms with Crippen molar-refractivity contribution >= 4 is 5.91 Å². The van der Waals surface area contributed by atoms with Crippen LogP contribution in [-0.4, -0.2) is 51.4 Å². The molecule has 0 aromatic carbocycles. The normalized spacial score (nSPS) is 17.0. The number of halogens is 3. The number of hydrogen-bond donors (Lipinski definition) is 0. The SMILES string of the molecule is C=CC(=O)N1CCC(c2cnc(OCCC(F)(F)F)cc2-c2ccn(C)n2)C1. The van der Waals surface area contributed by atoms with Gasteiger partial charge in [-0.05, 0) is 24.1 Å². The fourth-order valence-corrected chi connectivity index (χ4v) is 3.25. The molecule has 1 saturated heterocycles. The zero-order valence-corrected chi connectivity index (χ0v) is 15.4. The van der Waals surface area contributed by atoms with Gasteiger partial charge in [-0.25, -0.2) is 4.98 Å². The molecule has 6 nitrogen and oxygen atoms in total. The summed E-state index contributed by atoms with van der Waals surface area (Å²) < 4.78 is 43.9. The van der Waals surface area contributed by atoms with Crippen molar-refractivity contribution in [2.24, 2.45) is 7.05 Å². The standard InChI is InChI=1S/C19H21F3N4O2/c1-3-18(27)26-8-4-13(12-26)15-11-23-17(28-9-6-19(20,21)22)10-14(15)16-5-7-25(2)24-16/h3,5,7,10-11,13H,1,4,6,8-9,12H2,2H3. The van der Waals surface area contributed by atoms with E-state index >= 15 is 0 Å². The Morgan fingerprint density at radius 1 is 1.46 bits per heavy atom. The van der Waals surface area contributed by atoms with E-state index in [-0.39, 0.29) is 17.7 Å². The second-order valence-corrected chi connectivity index (χ2v) is 6.67. The van der Waals surface area contributed by atoms with Crippen molar-refractivity contribution in [2.75, 3.05) is 19.7 Å². The number of pyridine rings is 1. The lowest BCUT2D eigenvalue weighted by Gasteiger charge is -2.17. The van der Waals surface area contributed by atoms with E-state index in [4.69, 9.17) is 4.74 Å². The maximum atomic E-state index is 12.4. The quantitative estimate of drug-likeness (QED) is 0.706. The van der Waals surface area contributed by atoms with Crippen molar-refractivity contribution in [3.63, 3.8) is 0 Å². The monoisotopic (exact) mass is 394 g/mol. The molecule has 1 aliphatic heterocycles. The summed E-state index contributed by atoms with van der Waals surface area (Å²) in [5.41, 5.74) is 2.31. The zero-order chi connectivity index (χ0) is 20.3. The number of likely N-dealkylation sites (tertiary alicyclic amines) is 1. The van der Waals surface area contributed by atoms with Crippen molar-refractivity contribution < 1.29 is 22.7 Å². The Bertz CT molecular complexity index is 863. The first-order chi connectivity index (χ1) is 13.3. The smallest absolute Gasteiger partial charge is 0.392 e. The fourth-order valence-electron chi connectivity index (χ4n) is 3.25. The molecular formula is C19H21F3N4O2. The van der Waals surface area contributed by atoms with Crippen LogP contribution in [0.15, 0.2) is 37.2 Å². The van der Waals surface area contributed by atoms with Gasteiger partial charge >= 0.3 is 6.18 Å². The van der Waals surface area contributed by atoms with Gasteiger partial charge in [-0.1, -0.05) is 6.58 Å². The van der Waals surface area contributed by atoms with Gasteiger partial charge in [0.15, 0.2) is 0 Å². The van der Waals surface area contributed by atoms with E-state index in [9.17, 15) is 18.0 Å². The van der Waals surface area contributed by atoms with Gasteiger partial charge in [0.25, 0.3) is 0 Å². The van der Waals surface area contributed by atoms with Crippen LogP contribution in [0, 0.1) is 0 Å². The zero-order valence-electron chi connectivity index (χ0n) is 15.4. The van der Waals surface area contributed by atoms with Gasteiger partial charge in [0.1, 0.15) is 0 Å². The summed E-state index contributed by atoms with van der Waals surface area (Å²) in [6.45, 7) is 4.16. The van der Waals surface area contributed by atoms with Crippen LogP contribution in [0.1, 0.15) is 24.3 Å². The molecule has 0 aliphatic carbocycles. The Kier molecular flexibility index (Phi) is 5.71. The van der Waals surface area contributed by atoms with Gasteiger partial charge in [0.2, 0.25) is 11.8 Å². The minimum absolute atomic E-state index is 0.0534. The Morgan fingerprint density at radius 2 is 2.25 bits per heavy atom. The van der Waals surface area contributed by atoms with Gasteiger partial charge < -0.3 is 9.64 Å². The second kappa shape index (κ2) is 8.04. The molecule has 150 valence electrons. The molecule has 3 rings (SSSR count). The second-order valence-electron chi connectivity index (χ2n) is 6.67. The van der Waals surface area contributed by atoms with Crippen LogP contribution in [0.4, 0.5) is 13.2 Å². The number of nitrogens with zero attached hydrogens (tertiary/aromatic N) is 4. The molecule has 0 spiro atoms. The average Bonchev–Trinajstić information content (AvgIpc) is 3.29. The number of ether oxygens (including phenoxy) is 1. The molecule has 1 atom stereocenters. The number of alkyl halides is 3. The molecule has 28 heavy (non-hydrogen) atoms. The third kappa shape index (κ3) is 4.71. The third-order valence-electron chi connectivity index (χ3n) is 4.65. The maximum absolute atomic E-state index is 12.4. The highest BCUT2D eigenvalue weighted by Crippen LogP contribution is 2.35. The van der Waals surface area contributed by atoms with Gasteiger partial charge in [-0.15, -0.1) is 0 Å². The van der Waals surface area contributed by atoms with Crippen molar-refractivity contribution in [1.29, 1.82) is 0 Å². The van der Waals surface area contributed by atoms with Crippen LogP contribution in [-0.2, 0) is 11.8 Å². The molecule has 9 heteroatoms. The largest absolute Gasteiger partial charge is 0.477 e. The minimum Gasteiger partial charge on any atom is -0.477 e. The molecular weight excluding hydrogens is 373 g/mol. The minimum atomic E-state index is -4.28. The highest BCUT2D eigenvalue weighted by molar-refractivity contribution is 5.87. The molecule has 1 aliphatic rings. The third-order valence-corrected chi connectivity index (χ3v) is 4.65. The van der Waals surface area contributed by atoms with Crippen LogP contribution < -0.4 is 4.74 Å². The van der Waals surface area contributed by atoms with E-state index in [2.05, 4.69) is 16.7 Å². The summed E-state index contributed by atoms with van der Waals surface area (Å²) in [6, 6.07) is 3.44. The van der Waals surface area contributed by atoms with Gasteiger partial charge in [-0.2, -0.15) is 18.3 Å². The Labute approximate surface area is 160 Å². The number of aromatic nitrogens is 3. The number of carbonyl (C=O) groups is 1. The van der Waals surface area contributed by atoms with Crippen LogP contribution in [0.5, 0.6) is 5.88 Å². The summed E-state index contributed by atoms with van der Waals surface area (Å²) in [5, 5.41) is 4.40. The first-order valence-electron chi connectivity index (χ1n) is 8.87. The Balaban J connectivity index is 1.85. The molecule has 1 unspecified atom stereocenters. The van der Waals surface area contributed by atoms with E-state index in [1.54, 1.807) is 35.1 Å². The van der Waals surface area contributed by atoms with Crippen LogP contribution in [0.3, 0.4) is 0 Å². The first-order valence-corrected chi connectivity index (χ1v) is 8.87. The summed E-state index contributed by atoms with van der Waals surface area (Å²) in [6.07, 6.45) is 0.115. The average molecular weight is 394 g/mol. The molecule has 2 aromatic heterocycles. The molecule has 1 amide bonds. The van der Waals surface area contributed by atoms with Crippen molar-refractivity contribution in [2.45, 2.75) is 24.9 Å². The molecule has 0 N–H and O–H groups in total. The summed E-state index contributed by atoms with van der Waals surface area (Å²) in [7, 11) is 1.78. The summed E-state index contributed by atoms with van der Waals surface area (Å²) >= 11 is 0. The number of amides is 1. The number of hydrogen-bond acceptors (Lipinski definition) is 4. The number of carbonyl (C=O) groups excluding carboxylic acids is 1. The predicted octanol–water partition coefficient (Wildman–Crippen LogP) is 3.32. The molecule has 2 aromatic rings. The van der Waals surface area contributed by atoms with Gasteiger partial charge in [-0.3, -0.25) is 9.48 Å². The van der Waals surface area contributed by atoms with Crippen LogP contribution in [0.2, 0.25) is 0 Å². The fraction of sp³-hybridized carbons (Fsp3) is 0.421. The lowest BCUT2D eigenvalue weighted by molar-refractivity contribution is -0.139. The van der Waals surface area contributed by atoms with E-state index in [1.807, 2.05) is 6.07 Å². The molecule has 0 saturated carbocycles. The Hall–Kier alpha value is -2.84.